The predicted octanol–water partition coefficient (Wildman–Crippen LogP) is 3.64. The molecule has 0 saturated heterocycles. The fraction of sp³-hybridized carbons (Fsp3) is 0.353. The van der Waals surface area contributed by atoms with Crippen molar-refractivity contribution in [2.75, 3.05) is 0 Å². The van der Waals surface area contributed by atoms with Crippen LogP contribution in [0.25, 0.3) is 0 Å². The Kier molecular flexibility index (Phi) is 4.33. The molecule has 2 nitrogen and oxygen atoms in total. The molecule has 0 spiro atoms. The maximum absolute atomic E-state index is 6.38. The van der Waals surface area contributed by atoms with Gasteiger partial charge < -0.3 is 5.73 Å². The van der Waals surface area contributed by atoms with Gasteiger partial charge in [-0.15, -0.1) is 0 Å². The lowest BCUT2D eigenvalue weighted by molar-refractivity contribution is 0.646. The first kappa shape index (κ1) is 13.8. The number of nitrogens with zero attached hydrogens (tertiary/aromatic N) is 1. The summed E-state index contributed by atoms with van der Waals surface area (Å²) in [5, 5.41) is 0. The summed E-state index contributed by atoms with van der Waals surface area (Å²) in [5.41, 5.74) is 11.2. The van der Waals surface area contributed by atoms with E-state index in [0.717, 1.165) is 17.5 Å². The minimum absolute atomic E-state index is 0.0965. The van der Waals surface area contributed by atoms with E-state index in [-0.39, 0.29) is 6.04 Å². The summed E-state index contributed by atoms with van der Waals surface area (Å²) < 4.78 is 0. The fourth-order valence-electron chi connectivity index (χ4n) is 2.37. The Hall–Kier alpha value is -1.67. The van der Waals surface area contributed by atoms with Gasteiger partial charge in [-0.3, -0.25) is 4.98 Å². The second-order valence-corrected chi connectivity index (χ2v) is 5.55. The van der Waals surface area contributed by atoms with E-state index in [1.165, 1.54) is 11.1 Å². The van der Waals surface area contributed by atoms with Crippen LogP contribution in [0.15, 0.2) is 42.7 Å². The van der Waals surface area contributed by atoms with Crippen molar-refractivity contribution in [3.63, 3.8) is 0 Å². The van der Waals surface area contributed by atoms with Crippen molar-refractivity contribution < 1.29 is 0 Å². The van der Waals surface area contributed by atoms with Crippen molar-refractivity contribution in [3.05, 3.63) is 65.0 Å². The zero-order valence-corrected chi connectivity index (χ0v) is 11.9. The Morgan fingerprint density at radius 3 is 2.68 bits per heavy atom. The van der Waals surface area contributed by atoms with Gasteiger partial charge in [0.25, 0.3) is 0 Å². The molecular weight excluding hydrogens is 232 g/mol. The molecule has 1 atom stereocenters. The molecule has 2 N–H and O–H groups in total. The van der Waals surface area contributed by atoms with Crippen molar-refractivity contribution in [1.29, 1.82) is 0 Å². The lowest BCUT2D eigenvalue weighted by Crippen LogP contribution is -2.14. The van der Waals surface area contributed by atoms with Crippen molar-refractivity contribution in [1.82, 2.24) is 4.98 Å². The molecule has 0 aliphatic carbocycles. The Morgan fingerprint density at radius 1 is 1.21 bits per heavy atom. The number of rotatable bonds is 4. The zero-order valence-electron chi connectivity index (χ0n) is 11.9. The van der Waals surface area contributed by atoms with Gasteiger partial charge in [-0.25, -0.2) is 0 Å². The third-order valence-corrected chi connectivity index (χ3v) is 3.37. The number of pyridine rings is 1. The van der Waals surface area contributed by atoms with E-state index in [0.29, 0.717) is 5.92 Å². The van der Waals surface area contributed by atoms with E-state index in [1.807, 2.05) is 12.3 Å². The van der Waals surface area contributed by atoms with Crippen LogP contribution in [0.2, 0.25) is 0 Å². The quantitative estimate of drug-likeness (QED) is 0.904. The first-order valence-electron chi connectivity index (χ1n) is 6.83. The van der Waals surface area contributed by atoms with Gasteiger partial charge in [0, 0.05) is 12.4 Å². The number of aryl methyl sites for hydroxylation is 1. The van der Waals surface area contributed by atoms with E-state index in [2.05, 4.69) is 50.0 Å². The van der Waals surface area contributed by atoms with Gasteiger partial charge in [0.1, 0.15) is 0 Å². The van der Waals surface area contributed by atoms with Crippen LogP contribution in [0.1, 0.15) is 42.1 Å². The zero-order chi connectivity index (χ0) is 13.8. The third kappa shape index (κ3) is 3.42. The molecule has 1 aromatic heterocycles. The topological polar surface area (TPSA) is 38.9 Å². The summed E-state index contributed by atoms with van der Waals surface area (Å²) >= 11 is 0. The molecule has 2 rings (SSSR count). The maximum Gasteiger partial charge on any atom is 0.0569 e. The second-order valence-electron chi connectivity index (χ2n) is 5.55. The van der Waals surface area contributed by atoms with E-state index < -0.39 is 0 Å². The monoisotopic (exact) mass is 254 g/mol. The van der Waals surface area contributed by atoms with E-state index in [9.17, 15) is 0 Å². The smallest absolute Gasteiger partial charge is 0.0569 e. The van der Waals surface area contributed by atoms with Crippen LogP contribution in [0.4, 0.5) is 0 Å². The molecule has 1 aromatic carbocycles. The Bertz CT molecular complexity index is 546. The molecule has 1 unspecified atom stereocenters. The molecule has 2 heteroatoms. The summed E-state index contributed by atoms with van der Waals surface area (Å²) in [4.78, 5) is 4.18. The highest BCUT2D eigenvalue weighted by Crippen LogP contribution is 2.23. The Labute approximate surface area is 115 Å². The van der Waals surface area contributed by atoms with Crippen molar-refractivity contribution in [3.8, 4) is 0 Å². The lowest BCUT2D eigenvalue weighted by Gasteiger charge is -2.16. The van der Waals surface area contributed by atoms with Gasteiger partial charge in [0.05, 0.1) is 6.04 Å². The maximum atomic E-state index is 6.38. The van der Waals surface area contributed by atoms with Crippen LogP contribution in [0, 0.1) is 12.8 Å². The highest BCUT2D eigenvalue weighted by atomic mass is 14.7. The normalized spacial score (nSPS) is 12.7. The van der Waals surface area contributed by atoms with Gasteiger partial charge in [-0.1, -0.05) is 38.1 Å². The van der Waals surface area contributed by atoms with Gasteiger partial charge >= 0.3 is 0 Å². The number of aromatic nitrogens is 1. The van der Waals surface area contributed by atoms with Gasteiger partial charge in [-0.2, -0.15) is 0 Å². The number of benzene rings is 1. The fourth-order valence-corrected chi connectivity index (χ4v) is 2.37. The molecule has 0 aliphatic rings. The van der Waals surface area contributed by atoms with E-state index in [1.54, 1.807) is 6.20 Å². The SMILES string of the molecule is Cc1ccncc1C(N)c1cccc(CC(C)C)c1. The minimum atomic E-state index is -0.0965. The number of nitrogens with two attached hydrogens (primary N) is 1. The molecule has 0 fully saturated rings. The van der Waals surface area contributed by atoms with Crippen LogP contribution in [-0.4, -0.2) is 4.98 Å². The second kappa shape index (κ2) is 5.98. The molecular formula is C17H22N2. The van der Waals surface area contributed by atoms with Crippen molar-refractivity contribution in [2.24, 2.45) is 11.7 Å². The van der Waals surface area contributed by atoms with E-state index >= 15 is 0 Å². The Balaban J connectivity index is 2.29. The van der Waals surface area contributed by atoms with Gasteiger partial charge in [0.15, 0.2) is 0 Å². The van der Waals surface area contributed by atoms with Gasteiger partial charge in [-0.05, 0) is 47.6 Å². The lowest BCUT2D eigenvalue weighted by atomic mass is 9.94. The first-order chi connectivity index (χ1) is 9.08. The predicted molar refractivity (Wildman–Crippen MR) is 80.0 cm³/mol. The average molecular weight is 254 g/mol. The molecule has 1 heterocycles. The van der Waals surface area contributed by atoms with Crippen LogP contribution in [0.5, 0.6) is 0 Å². The molecule has 0 bridgehead atoms. The van der Waals surface area contributed by atoms with E-state index in [4.69, 9.17) is 5.73 Å². The molecule has 0 saturated carbocycles. The molecule has 100 valence electrons. The van der Waals surface area contributed by atoms with Crippen LogP contribution < -0.4 is 5.73 Å². The minimum Gasteiger partial charge on any atom is -0.320 e. The average Bonchev–Trinajstić information content (AvgIpc) is 2.38. The van der Waals surface area contributed by atoms with Crippen molar-refractivity contribution >= 4 is 0 Å². The first-order valence-corrected chi connectivity index (χ1v) is 6.83. The third-order valence-electron chi connectivity index (χ3n) is 3.37. The number of hydrogen-bond acceptors (Lipinski definition) is 2. The van der Waals surface area contributed by atoms with Crippen LogP contribution in [0.3, 0.4) is 0 Å². The molecule has 0 aliphatic heterocycles. The summed E-state index contributed by atoms with van der Waals surface area (Å²) in [6.07, 6.45) is 4.77. The Morgan fingerprint density at radius 2 is 2.00 bits per heavy atom. The standard InChI is InChI=1S/C17H22N2/c1-12(2)9-14-5-4-6-15(10-14)17(18)16-11-19-8-7-13(16)3/h4-8,10-12,17H,9,18H2,1-3H3. The van der Waals surface area contributed by atoms with Gasteiger partial charge in [0.2, 0.25) is 0 Å². The summed E-state index contributed by atoms with van der Waals surface area (Å²) in [6, 6.07) is 10.5. The van der Waals surface area contributed by atoms with Crippen LogP contribution >= 0.6 is 0 Å². The molecule has 19 heavy (non-hydrogen) atoms. The molecule has 0 amide bonds. The highest BCUT2D eigenvalue weighted by molar-refractivity contribution is 5.36. The largest absolute Gasteiger partial charge is 0.320 e. The summed E-state index contributed by atoms with van der Waals surface area (Å²) in [7, 11) is 0. The summed E-state index contributed by atoms with van der Waals surface area (Å²) in [6.45, 7) is 6.55. The summed E-state index contributed by atoms with van der Waals surface area (Å²) in [5.74, 6) is 0.659. The number of hydrogen-bond donors (Lipinski definition) is 1. The van der Waals surface area contributed by atoms with Crippen LogP contribution in [-0.2, 0) is 6.42 Å². The van der Waals surface area contributed by atoms with Crippen molar-refractivity contribution in [2.45, 2.75) is 33.2 Å². The molecule has 0 radical (unpaired) electrons. The highest BCUT2D eigenvalue weighted by Gasteiger charge is 2.12. The molecule has 2 aromatic rings.